The minimum Gasteiger partial charge on any atom is -0.316 e. The molecule has 1 N–H and O–H groups in total. The Balaban J connectivity index is 3.58. The van der Waals surface area contributed by atoms with Gasteiger partial charge in [0.15, 0.2) is 9.84 Å². The van der Waals surface area contributed by atoms with Gasteiger partial charge in [-0.25, -0.2) is 8.42 Å². The SMILES string of the molecule is CC(C)CNCCCS(=O)(=O)CC(C)C. The minimum absolute atomic E-state index is 0.235. The van der Waals surface area contributed by atoms with Crippen LogP contribution in [0.4, 0.5) is 0 Å². The predicted molar refractivity (Wildman–Crippen MR) is 65.8 cm³/mol. The number of sulfone groups is 1. The van der Waals surface area contributed by atoms with Crippen LogP contribution in [0, 0.1) is 11.8 Å². The number of hydrogen-bond donors (Lipinski definition) is 1. The number of hydrogen-bond acceptors (Lipinski definition) is 3. The van der Waals surface area contributed by atoms with Gasteiger partial charge < -0.3 is 5.32 Å². The first kappa shape index (κ1) is 14.9. The van der Waals surface area contributed by atoms with Crippen LogP contribution >= 0.6 is 0 Å². The Bertz CT molecular complexity index is 245. The quantitative estimate of drug-likeness (QED) is 0.651. The molecule has 0 bridgehead atoms. The monoisotopic (exact) mass is 235 g/mol. The lowest BCUT2D eigenvalue weighted by Gasteiger charge is -2.08. The Morgan fingerprint density at radius 2 is 1.67 bits per heavy atom. The Hall–Kier alpha value is -0.0900. The molecule has 92 valence electrons. The highest BCUT2D eigenvalue weighted by Crippen LogP contribution is 2.01. The lowest BCUT2D eigenvalue weighted by molar-refractivity contribution is 0.544. The third kappa shape index (κ3) is 10.2. The summed E-state index contributed by atoms with van der Waals surface area (Å²) in [7, 11) is -2.82. The highest BCUT2D eigenvalue weighted by atomic mass is 32.2. The van der Waals surface area contributed by atoms with Crippen LogP contribution in [0.5, 0.6) is 0 Å². The molecule has 0 saturated carbocycles. The molecule has 0 aromatic rings. The summed E-state index contributed by atoms with van der Waals surface area (Å²) in [4.78, 5) is 0. The van der Waals surface area contributed by atoms with E-state index in [1.54, 1.807) is 0 Å². The first-order valence-corrected chi connectivity index (χ1v) is 7.57. The van der Waals surface area contributed by atoms with Crippen molar-refractivity contribution < 1.29 is 8.42 Å². The van der Waals surface area contributed by atoms with Crippen LogP contribution in [-0.2, 0) is 9.84 Å². The molecule has 15 heavy (non-hydrogen) atoms. The van der Waals surface area contributed by atoms with Crippen molar-refractivity contribution in [1.82, 2.24) is 5.32 Å². The van der Waals surface area contributed by atoms with Crippen molar-refractivity contribution in [3.8, 4) is 0 Å². The Kier molecular flexibility index (Phi) is 7.18. The molecule has 3 nitrogen and oxygen atoms in total. The standard InChI is InChI=1S/C11H25NO2S/c1-10(2)8-12-6-5-7-15(13,14)9-11(3)4/h10-12H,5-9H2,1-4H3. The molecule has 0 rings (SSSR count). The summed E-state index contributed by atoms with van der Waals surface area (Å²) < 4.78 is 23.0. The van der Waals surface area contributed by atoms with Crippen LogP contribution in [0.25, 0.3) is 0 Å². The van der Waals surface area contributed by atoms with E-state index >= 15 is 0 Å². The molecule has 0 amide bonds. The zero-order valence-corrected chi connectivity index (χ0v) is 11.2. The van der Waals surface area contributed by atoms with Crippen LogP contribution in [0.1, 0.15) is 34.1 Å². The first-order chi connectivity index (χ1) is 6.83. The lowest BCUT2D eigenvalue weighted by Crippen LogP contribution is -2.24. The Morgan fingerprint density at radius 1 is 1.07 bits per heavy atom. The molecule has 0 radical (unpaired) electrons. The van der Waals surface area contributed by atoms with E-state index < -0.39 is 9.84 Å². The fourth-order valence-corrected chi connectivity index (χ4v) is 3.17. The molecule has 0 saturated heterocycles. The molecule has 4 heteroatoms. The maximum Gasteiger partial charge on any atom is 0.150 e. The fraction of sp³-hybridized carbons (Fsp3) is 1.00. The molecule has 0 aliphatic rings. The summed E-state index contributed by atoms with van der Waals surface area (Å²) in [6.07, 6.45) is 0.724. The summed E-state index contributed by atoms with van der Waals surface area (Å²) >= 11 is 0. The van der Waals surface area contributed by atoms with Crippen molar-refractivity contribution in [2.75, 3.05) is 24.6 Å². The second-order valence-electron chi connectivity index (χ2n) is 4.96. The molecule has 0 aliphatic carbocycles. The Labute approximate surface area is 94.6 Å². The van der Waals surface area contributed by atoms with Crippen molar-refractivity contribution in [2.24, 2.45) is 11.8 Å². The van der Waals surface area contributed by atoms with E-state index in [0.29, 0.717) is 17.4 Å². The van der Waals surface area contributed by atoms with Gasteiger partial charge >= 0.3 is 0 Å². The van der Waals surface area contributed by atoms with Gasteiger partial charge in [-0.15, -0.1) is 0 Å². The van der Waals surface area contributed by atoms with Crippen molar-refractivity contribution in [1.29, 1.82) is 0 Å². The minimum atomic E-state index is -2.82. The maximum atomic E-state index is 11.5. The highest BCUT2D eigenvalue weighted by Gasteiger charge is 2.12. The fourth-order valence-electron chi connectivity index (χ4n) is 1.40. The van der Waals surface area contributed by atoms with Crippen LogP contribution in [-0.4, -0.2) is 33.0 Å². The lowest BCUT2D eigenvalue weighted by atomic mass is 10.2. The third-order valence-electron chi connectivity index (χ3n) is 1.95. The van der Waals surface area contributed by atoms with Crippen molar-refractivity contribution in [3.05, 3.63) is 0 Å². The predicted octanol–water partition coefficient (Wildman–Crippen LogP) is 1.69. The van der Waals surface area contributed by atoms with E-state index in [-0.39, 0.29) is 5.92 Å². The molecule has 0 aliphatic heterocycles. The van der Waals surface area contributed by atoms with Gasteiger partial charge in [0.2, 0.25) is 0 Å². The summed E-state index contributed by atoms with van der Waals surface area (Å²) in [5.74, 6) is 1.49. The molecular weight excluding hydrogens is 210 g/mol. The van der Waals surface area contributed by atoms with E-state index in [2.05, 4.69) is 19.2 Å². The topological polar surface area (TPSA) is 46.2 Å². The molecule has 0 spiro atoms. The van der Waals surface area contributed by atoms with Gasteiger partial charge in [-0.05, 0) is 31.3 Å². The first-order valence-electron chi connectivity index (χ1n) is 5.74. The van der Waals surface area contributed by atoms with E-state index in [4.69, 9.17) is 0 Å². The molecule has 0 aromatic heterocycles. The van der Waals surface area contributed by atoms with Crippen LogP contribution in [0.15, 0.2) is 0 Å². The zero-order chi connectivity index (χ0) is 11.9. The van der Waals surface area contributed by atoms with Gasteiger partial charge in [-0.3, -0.25) is 0 Å². The average Bonchev–Trinajstić information content (AvgIpc) is 1.99. The molecule has 0 heterocycles. The van der Waals surface area contributed by atoms with Gasteiger partial charge in [0.05, 0.1) is 11.5 Å². The molecule has 0 aromatic carbocycles. The van der Waals surface area contributed by atoms with Gasteiger partial charge in [-0.2, -0.15) is 0 Å². The second-order valence-corrected chi connectivity index (χ2v) is 7.19. The smallest absolute Gasteiger partial charge is 0.150 e. The van der Waals surface area contributed by atoms with E-state index in [0.717, 1.165) is 19.5 Å². The van der Waals surface area contributed by atoms with E-state index in [1.807, 2.05) is 13.8 Å². The molecule has 0 atom stereocenters. The van der Waals surface area contributed by atoms with Crippen LogP contribution < -0.4 is 5.32 Å². The van der Waals surface area contributed by atoms with Gasteiger partial charge in [-0.1, -0.05) is 27.7 Å². The second kappa shape index (κ2) is 7.23. The molecule has 0 fully saturated rings. The van der Waals surface area contributed by atoms with E-state index in [9.17, 15) is 8.42 Å². The third-order valence-corrected chi connectivity index (χ3v) is 4.03. The van der Waals surface area contributed by atoms with Gasteiger partial charge in [0.1, 0.15) is 0 Å². The van der Waals surface area contributed by atoms with Crippen molar-refractivity contribution in [2.45, 2.75) is 34.1 Å². The normalized spacial score (nSPS) is 12.7. The summed E-state index contributed by atoms with van der Waals surface area (Å²) in [5.41, 5.74) is 0. The van der Waals surface area contributed by atoms with Crippen molar-refractivity contribution in [3.63, 3.8) is 0 Å². The van der Waals surface area contributed by atoms with Crippen LogP contribution in [0.3, 0.4) is 0 Å². The largest absolute Gasteiger partial charge is 0.316 e. The zero-order valence-electron chi connectivity index (χ0n) is 10.4. The number of nitrogens with one attached hydrogen (secondary N) is 1. The maximum absolute atomic E-state index is 11.5. The summed E-state index contributed by atoms with van der Waals surface area (Å²) in [5, 5.41) is 3.25. The van der Waals surface area contributed by atoms with Crippen LogP contribution in [0.2, 0.25) is 0 Å². The number of rotatable bonds is 8. The summed E-state index contributed by atoms with van der Waals surface area (Å²) in [6.45, 7) is 9.92. The highest BCUT2D eigenvalue weighted by molar-refractivity contribution is 7.91. The van der Waals surface area contributed by atoms with E-state index in [1.165, 1.54) is 0 Å². The average molecular weight is 235 g/mol. The Morgan fingerprint density at radius 3 is 2.13 bits per heavy atom. The van der Waals surface area contributed by atoms with Gasteiger partial charge in [0, 0.05) is 0 Å². The molecular formula is C11H25NO2S. The summed E-state index contributed by atoms with van der Waals surface area (Å²) in [6, 6.07) is 0. The van der Waals surface area contributed by atoms with Crippen molar-refractivity contribution >= 4 is 9.84 Å². The van der Waals surface area contributed by atoms with Gasteiger partial charge in [0.25, 0.3) is 0 Å². The molecule has 0 unspecified atom stereocenters.